The highest BCUT2D eigenvalue weighted by Crippen LogP contribution is 2.33. The molecule has 0 radical (unpaired) electrons. The number of imidazole rings is 2. The molecule has 0 bridgehead atoms. The monoisotopic (exact) mass is 587 g/mol. The quantitative estimate of drug-likeness (QED) is 0.226. The van der Waals surface area contributed by atoms with Gasteiger partial charge in [0.15, 0.2) is 0 Å². The average Bonchev–Trinajstić information content (AvgIpc) is 3.52. The maximum Gasteiger partial charge on any atom is 0.335 e. The molecule has 2 N–H and O–H groups in total. The van der Waals surface area contributed by atoms with E-state index in [1.165, 1.54) is 11.6 Å². The summed E-state index contributed by atoms with van der Waals surface area (Å²) in [5.41, 5.74) is 5.62. The smallest absolute Gasteiger partial charge is 0.335 e. The molecular weight excluding hydrogens is 557 g/mol. The molecule has 4 heterocycles. The van der Waals surface area contributed by atoms with Gasteiger partial charge in [-0.15, -0.1) is 0 Å². The fraction of sp³-hybridized carbons (Fsp3) is 0.344. The second-order valence-electron chi connectivity index (χ2n) is 11.3. The lowest BCUT2D eigenvalue weighted by Crippen LogP contribution is -2.35. The third-order valence-corrected chi connectivity index (χ3v) is 8.85. The Morgan fingerprint density at radius 3 is 2.67 bits per heavy atom. The predicted octanol–water partition coefficient (Wildman–Crippen LogP) is 6.16. The van der Waals surface area contributed by atoms with E-state index in [4.69, 9.17) is 26.3 Å². The molecular formula is C32H31ClFN5O3. The molecule has 8 nitrogen and oxygen atoms in total. The highest BCUT2D eigenvalue weighted by molar-refractivity contribution is 6.30. The first-order chi connectivity index (χ1) is 20.4. The normalized spacial score (nSPS) is 18.1. The molecule has 0 saturated carbocycles. The van der Waals surface area contributed by atoms with Crippen LogP contribution in [0.5, 0.6) is 0 Å². The van der Waals surface area contributed by atoms with Crippen LogP contribution in [0, 0.1) is 5.82 Å². The van der Waals surface area contributed by atoms with Gasteiger partial charge in [0.25, 0.3) is 0 Å². The summed E-state index contributed by atoms with van der Waals surface area (Å²) in [7, 11) is 0. The van der Waals surface area contributed by atoms with Crippen molar-refractivity contribution in [2.45, 2.75) is 50.8 Å². The first kappa shape index (κ1) is 27.1. The van der Waals surface area contributed by atoms with Crippen molar-refractivity contribution in [3.8, 4) is 0 Å². The zero-order valence-electron chi connectivity index (χ0n) is 23.0. The van der Waals surface area contributed by atoms with Gasteiger partial charge in [0, 0.05) is 18.1 Å². The van der Waals surface area contributed by atoms with E-state index < -0.39 is 5.97 Å². The zero-order valence-corrected chi connectivity index (χ0v) is 23.8. The van der Waals surface area contributed by atoms with E-state index in [9.17, 15) is 14.3 Å². The van der Waals surface area contributed by atoms with E-state index in [-0.39, 0.29) is 17.5 Å². The molecule has 0 spiro atoms. The molecule has 2 fully saturated rings. The molecule has 0 amide bonds. The van der Waals surface area contributed by atoms with Gasteiger partial charge in [-0.25, -0.2) is 19.2 Å². The lowest BCUT2D eigenvalue weighted by Gasteiger charge is -2.32. The second kappa shape index (κ2) is 11.1. The van der Waals surface area contributed by atoms with Gasteiger partial charge in [0.1, 0.15) is 17.5 Å². The summed E-state index contributed by atoms with van der Waals surface area (Å²) >= 11 is 5.92. The predicted molar refractivity (Wildman–Crippen MR) is 159 cm³/mol. The minimum atomic E-state index is -0.940. The molecule has 5 aromatic rings. The van der Waals surface area contributed by atoms with Gasteiger partial charge in [-0.1, -0.05) is 29.8 Å². The third-order valence-electron chi connectivity index (χ3n) is 8.61. The van der Waals surface area contributed by atoms with Crippen molar-refractivity contribution in [3.63, 3.8) is 0 Å². The van der Waals surface area contributed by atoms with Gasteiger partial charge >= 0.3 is 5.97 Å². The molecule has 0 unspecified atom stereocenters. The summed E-state index contributed by atoms with van der Waals surface area (Å²) in [6.07, 6.45) is 3.48. The van der Waals surface area contributed by atoms with Gasteiger partial charge < -0.3 is 19.4 Å². The standard InChI is InChI=1S/C32H31ClFN5O3/c33-22-6-4-20(25(34)16-22)15-29-35-27-3-1-2-24(31(27)37-29)19-8-11-38(12-9-19)18-30-36-26-7-5-21(32(40)41)14-28(26)39(30)17-23-10-13-42-23/h1-7,14,16,19,23H,8-13,15,17-18H2,(H,35,37)(H,40,41)/t23-/m0/s1. The highest BCUT2D eigenvalue weighted by Gasteiger charge is 2.27. The molecule has 3 aromatic carbocycles. The van der Waals surface area contributed by atoms with Crippen molar-refractivity contribution in [2.24, 2.45) is 0 Å². The number of fused-ring (bicyclic) bond motifs is 2. The number of para-hydroxylation sites is 1. The van der Waals surface area contributed by atoms with Gasteiger partial charge in [0.05, 0.1) is 46.8 Å². The van der Waals surface area contributed by atoms with E-state index in [1.807, 2.05) is 6.07 Å². The Morgan fingerprint density at radius 2 is 1.93 bits per heavy atom. The summed E-state index contributed by atoms with van der Waals surface area (Å²) in [6.45, 7) is 3.97. The van der Waals surface area contributed by atoms with Gasteiger partial charge in [-0.05, 0) is 85.8 Å². The van der Waals surface area contributed by atoms with Crippen molar-refractivity contribution in [2.75, 3.05) is 19.7 Å². The molecule has 2 aliphatic heterocycles. The van der Waals surface area contributed by atoms with Crippen molar-refractivity contribution < 1.29 is 19.0 Å². The van der Waals surface area contributed by atoms with Gasteiger partial charge in [0.2, 0.25) is 0 Å². The summed E-state index contributed by atoms with van der Waals surface area (Å²) in [6, 6.07) is 16.1. The number of likely N-dealkylation sites (tertiary alicyclic amines) is 1. The molecule has 7 rings (SSSR count). The molecule has 2 aliphatic rings. The number of halogens is 2. The summed E-state index contributed by atoms with van der Waals surface area (Å²) in [5.74, 6) is 0.774. The number of piperidine rings is 1. The van der Waals surface area contributed by atoms with Crippen molar-refractivity contribution in [3.05, 3.63) is 93.8 Å². The van der Waals surface area contributed by atoms with Crippen LogP contribution in [0.25, 0.3) is 22.1 Å². The number of hydrogen-bond acceptors (Lipinski definition) is 5. The number of carboxylic acid groups (broad SMARTS) is 1. The van der Waals surface area contributed by atoms with Crippen LogP contribution in [0.2, 0.25) is 5.02 Å². The molecule has 42 heavy (non-hydrogen) atoms. The van der Waals surface area contributed by atoms with Crippen molar-refractivity contribution in [1.29, 1.82) is 0 Å². The SMILES string of the molecule is O=C(O)c1ccc2nc(CN3CCC(c4cccc5[nH]c(Cc6ccc(Cl)cc6F)nc45)CC3)n(C[C@@H]3CCO3)c2c1. The first-order valence-corrected chi connectivity index (χ1v) is 14.8. The lowest BCUT2D eigenvalue weighted by molar-refractivity contribution is -0.0592. The maximum absolute atomic E-state index is 14.4. The van der Waals surface area contributed by atoms with Crippen LogP contribution in [0.4, 0.5) is 4.39 Å². The van der Waals surface area contributed by atoms with Crippen LogP contribution in [0.1, 0.15) is 58.3 Å². The Balaban J connectivity index is 1.07. The molecule has 216 valence electrons. The van der Waals surface area contributed by atoms with E-state index >= 15 is 0 Å². The fourth-order valence-corrected chi connectivity index (χ4v) is 6.39. The number of aromatic carboxylic acids is 1. The Hall–Kier alpha value is -3.79. The van der Waals surface area contributed by atoms with Crippen LogP contribution in [-0.2, 0) is 24.2 Å². The molecule has 0 aliphatic carbocycles. The fourth-order valence-electron chi connectivity index (χ4n) is 6.23. The second-order valence-corrected chi connectivity index (χ2v) is 11.8. The number of ether oxygens (including phenoxy) is 1. The van der Waals surface area contributed by atoms with Crippen molar-refractivity contribution in [1.82, 2.24) is 24.4 Å². The number of carbonyl (C=O) groups is 1. The van der Waals surface area contributed by atoms with Crippen molar-refractivity contribution >= 4 is 39.6 Å². The summed E-state index contributed by atoms with van der Waals surface area (Å²) in [5, 5.41) is 9.91. The summed E-state index contributed by atoms with van der Waals surface area (Å²) in [4.78, 5) is 27.2. The van der Waals surface area contributed by atoms with Crippen LogP contribution in [0.15, 0.2) is 54.6 Å². The number of carboxylic acids is 1. The molecule has 2 aromatic heterocycles. The Labute approximate surface area is 247 Å². The maximum atomic E-state index is 14.4. The number of benzene rings is 3. The largest absolute Gasteiger partial charge is 0.478 e. The van der Waals surface area contributed by atoms with Gasteiger partial charge in [-0.2, -0.15) is 0 Å². The molecule has 1 atom stereocenters. The van der Waals surface area contributed by atoms with Gasteiger partial charge in [-0.3, -0.25) is 4.90 Å². The molecule has 2 saturated heterocycles. The number of nitrogens with zero attached hydrogens (tertiary/aromatic N) is 4. The van der Waals surface area contributed by atoms with Crippen LogP contribution < -0.4 is 0 Å². The number of hydrogen-bond donors (Lipinski definition) is 2. The van der Waals surface area contributed by atoms with E-state index in [0.29, 0.717) is 36.0 Å². The number of rotatable bonds is 8. The number of H-pyrrole nitrogens is 1. The number of aromatic amines is 1. The highest BCUT2D eigenvalue weighted by atomic mass is 35.5. The number of nitrogens with one attached hydrogen (secondary N) is 1. The van der Waals surface area contributed by atoms with E-state index in [2.05, 4.69) is 26.6 Å². The Morgan fingerprint density at radius 1 is 1.10 bits per heavy atom. The Bertz CT molecular complexity index is 1790. The minimum Gasteiger partial charge on any atom is -0.478 e. The topological polar surface area (TPSA) is 96.3 Å². The minimum absolute atomic E-state index is 0.135. The summed E-state index contributed by atoms with van der Waals surface area (Å²) < 4.78 is 22.3. The average molecular weight is 588 g/mol. The van der Waals surface area contributed by atoms with Crippen LogP contribution >= 0.6 is 11.6 Å². The lowest BCUT2D eigenvalue weighted by atomic mass is 9.88. The number of aromatic nitrogens is 4. The zero-order chi connectivity index (χ0) is 28.8. The van der Waals surface area contributed by atoms with E-state index in [1.54, 1.807) is 30.3 Å². The third kappa shape index (κ3) is 5.28. The van der Waals surface area contributed by atoms with Crippen LogP contribution in [-0.4, -0.2) is 61.3 Å². The van der Waals surface area contributed by atoms with E-state index in [0.717, 1.165) is 72.7 Å². The first-order valence-electron chi connectivity index (χ1n) is 14.4. The Kier molecular flexibility index (Phi) is 7.17. The molecule has 10 heteroatoms. The van der Waals surface area contributed by atoms with Crippen LogP contribution in [0.3, 0.4) is 0 Å².